The van der Waals surface area contributed by atoms with Crippen molar-refractivity contribution in [2.24, 2.45) is 9.53 Å². The summed E-state index contributed by atoms with van der Waals surface area (Å²) in [7, 11) is 15.1. The van der Waals surface area contributed by atoms with Gasteiger partial charge in [0.05, 0.1) is 22.8 Å². The van der Waals surface area contributed by atoms with Gasteiger partial charge < -0.3 is 4.98 Å². The number of aromatic amines is 1. The first kappa shape index (κ1) is 22.4. The number of nitrogens with one attached hydrogen (secondary N) is 1. The summed E-state index contributed by atoms with van der Waals surface area (Å²) in [5.41, 5.74) is 4.10. The van der Waals surface area contributed by atoms with Crippen LogP contribution in [0.1, 0.15) is 25.2 Å². The van der Waals surface area contributed by atoms with Crippen molar-refractivity contribution in [3.8, 4) is 0 Å². The Bertz CT molecular complexity index is 539. The molecular weight excluding hydrogens is 352 g/mol. The van der Waals surface area contributed by atoms with Crippen LogP contribution < -0.4 is 0 Å². The fourth-order valence-electron chi connectivity index (χ4n) is 2.27. The molecule has 0 saturated heterocycles. The van der Waals surface area contributed by atoms with Gasteiger partial charge in [0.25, 0.3) is 0 Å². The van der Waals surface area contributed by atoms with E-state index < -0.39 is 16.7 Å². The van der Waals surface area contributed by atoms with Gasteiger partial charge in [-0.25, -0.2) is 9.53 Å². The molecule has 7 nitrogen and oxygen atoms in total. The maximum Gasteiger partial charge on any atom is 0.168 e. The van der Waals surface area contributed by atoms with Gasteiger partial charge in [-0.3, -0.25) is 18.7 Å². The molecule has 0 atom stereocenters. The van der Waals surface area contributed by atoms with Crippen LogP contribution in [0.3, 0.4) is 0 Å². The minimum absolute atomic E-state index is 0.685. The van der Waals surface area contributed by atoms with Gasteiger partial charge in [0, 0.05) is 0 Å². The van der Waals surface area contributed by atoms with Crippen LogP contribution in [0, 0.1) is 0 Å². The van der Waals surface area contributed by atoms with Crippen LogP contribution in [-0.2, 0) is 0 Å². The Morgan fingerprint density at radius 1 is 0.680 bits per heavy atom. The molecule has 0 aliphatic rings. The Hall–Kier alpha value is -0.680. The predicted octanol–water partition coefficient (Wildman–Crippen LogP) is 3.33. The lowest BCUT2D eigenvalue weighted by Crippen LogP contribution is -2.16. The second kappa shape index (κ2) is 9.86. The summed E-state index contributed by atoms with van der Waals surface area (Å²) >= 11 is 0. The molecule has 0 radical (unpaired) electrons. The Labute approximate surface area is 155 Å². The van der Waals surface area contributed by atoms with Crippen LogP contribution >= 0.6 is 16.7 Å². The highest BCUT2D eigenvalue weighted by Gasteiger charge is 2.16. The summed E-state index contributed by atoms with van der Waals surface area (Å²) in [4.78, 5) is 3.46. The minimum atomic E-state index is -0.685. The van der Waals surface area contributed by atoms with E-state index in [1.54, 1.807) is 0 Å². The highest BCUT2D eigenvalue weighted by Crippen LogP contribution is 2.42. The van der Waals surface area contributed by atoms with Crippen molar-refractivity contribution in [3.05, 3.63) is 23.5 Å². The fourth-order valence-corrected chi connectivity index (χ4v) is 5.17. The van der Waals surface area contributed by atoms with Gasteiger partial charge in [0.2, 0.25) is 0 Å². The molecule has 0 fully saturated rings. The van der Waals surface area contributed by atoms with E-state index in [2.05, 4.69) is 106 Å². The normalized spacial score (nSPS) is 14.2. The first-order valence-corrected chi connectivity index (χ1v) is 10.5. The molecule has 9 heteroatoms. The molecule has 0 unspecified atom stereocenters. The molecule has 0 bridgehead atoms. The Morgan fingerprint density at radius 3 is 1.20 bits per heavy atom. The van der Waals surface area contributed by atoms with E-state index in [-0.39, 0.29) is 0 Å². The van der Waals surface area contributed by atoms with Gasteiger partial charge in [-0.2, -0.15) is 0 Å². The molecule has 0 spiro atoms. The molecule has 0 saturated carbocycles. The second-order valence-corrected chi connectivity index (χ2v) is 11.3. The molecule has 1 aromatic rings. The van der Waals surface area contributed by atoms with E-state index in [0.29, 0.717) is 0 Å². The number of hydrogen-bond donors (Lipinski definition) is 1. The number of nitrogens with zero attached hydrogens (tertiary/aromatic N) is 6. The van der Waals surface area contributed by atoms with Crippen molar-refractivity contribution in [1.82, 2.24) is 23.7 Å². The lowest BCUT2D eigenvalue weighted by atomic mass is 10.3. The molecule has 1 heterocycles. The third kappa shape index (κ3) is 6.52. The predicted molar refractivity (Wildman–Crippen MR) is 114 cm³/mol. The zero-order valence-corrected chi connectivity index (χ0v) is 19.0. The van der Waals surface area contributed by atoms with E-state index in [0.717, 1.165) is 22.8 Å². The monoisotopic (exact) mass is 385 g/mol. The topological polar surface area (TPSA) is 53.5 Å². The molecule has 142 valence electrons. The molecule has 0 amide bonds. The molecule has 1 N–H and O–H groups in total. The third-order valence-corrected chi connectivity index (χ3v) is 7.20. The Balaban J connectivity index is 3.05. The average molecular weight is 385 g/mol. The van der Waals surface area contributed by atoms with Crippen molar-refractivity contribution < 1.29 is 0 Å². The molecule has 25 heavy (non-hydrogen) atoms. The van der Waals surface area contributed by atoms with Gasteiger partial charge in [0.1, 0.15) is 0 Å². The summed E-state index contributed by atoms with van der Waals surface area (Å²) in [6, 6.07) is 4.17. The number of rotatable bonds is 8. The molecule has 0 aliphatic heterocycles. The first-order valence-electron chi connectivity index (χ1n) is 8.14. The smallest absolute Gasteiger partial charge is 0.168 e. The quantitative estimate of drug-likeness (QED) is 0.551. The van der Waals surface area contributed by atoms with Gasteiger partial charge in [-0.15, -0.1) is 0 Å². The highest BCUT2D eigenvalue weighted by atomic mass is 31.2. The SMILES string of the molecule is C/C(=N\P(N(C)C)N(C)C)c1ccc(/C(C)=N/P(N(C)C)N(C)C)[nH]1. The zero-order valence-electron chi connectivity index (χ0n) is 17.2. The van der Waals surface area contributed by atoms with Gasteiger partial charge in [-0.05, 0) is 82.4 Å². The van der Waals surface area contributed by atoms with E-state index in [9.17, 15) is 0 Å². The van der Waals surface area contributed by atoms with Crippen LogP contribution in [-0.4, -0.2) is 91.5 Å². The minimum Gasteiger partial charge on any atom is -0.353 e. The molecule has 0 aliphatic carbocycles. The van der Waals surface area contributed by atoms with Gasteiger partial charge in [-0.1, -0.05) is 0 Å². The standard InChI is InChI=1S/C16H33N7P2/c1-13(18-24(20(3)4)21(5)6)15-11-12-16(17-15)14(2)19-25(22(7)8)23(9)10/h11-12,17H,1-10H3/b18-13+,19-14+. The van der Waals surface area contributed by atoms with Gasteiger partial charge >= 0.3 is 0 Å². The Kier molecular flexibility index (Phi) is 8.82. The highest BCUT2D eigenvalue weighted by molar-refractivity contribution is 7.51. The van der Waals surface area contributed by atoms with Crippen LogP contribution in [0.2, 0.25) is 0 Å². The lowest BCUT2D eigenvalue weighted by Gasteiger charge is -2.26. The van der Waals surface area contributed by atoms with Crippen LogP contribution in [0.15, 0.2) is 21.7 Å². The van der Waals surface area contributed by atoms with Crippen molar-refractivity contribution in [3.63, 3.8) is 0 Å². The molecule has 1 rings (SSSR count). The number of hydrogen-bond acceptors (Lipinski definition) is 6. The van der Waals surface area contributed by atoms with E-state index >= 15 is 0 Å². The van der Waals surface area contributed by atoms with Gasteiger partial charge in [0.15, 0.2) is 16.7 Å². The average Bonchev–Trinajstić information content (AvgIpc) is 2.98. The largest absolute Gasteiger partial charge is 0.353 e. The van der Waals surface area contributed by atoms with Crippen LogP contribution in [0.25, 0.3) is 0 Å². The number of aromatic nitrogens is 1. The second-order valence-electron chi connectivity index (χ2n) is 6.58. The van der Waals surface area contributed by atoms with Crippen LogP contribution in [0.4, 0.5) is 0 Å². The lowest BCUT2D eigenvalue weighted by molar-refractivity contribution is 0.575. The summed E-state index contributed by atoms with van der Waals surface area (Å²) in [5, 5.41) is 0. The van der Waals surface area contributed by atoms with E-state index in [4.69, 9.17) is 9.53 Å². The first-order chi connectivity index (χ1) is 11.5. The maximum atomic E-state index is 4.89. The number of H-pyrrole nitrogens is 1. The van der Waals surface area contributed by atoms with Crippen molar-refractivity contribution in [2.75, 3.05) is 56.4 Å². The summed E-state index contributed by atoms with van der Waals surface area (Å²) < 4.78 is 18.4. The maximum absolute atomic E-state index is 4.89. The van der Waals surface area contributed by atoms with E-state index in [1.807, 2.05) is 0 Å². The van der Waals surface area contributed by atoms with E-state index in [1.165, 1.54) is 0 Å². The van der Waals surface area contributed by atoms with Crippen molar-refractivity contribution in [2.45, 2.75) is 13.8 Å². The summed E-state index contributed by atoms with van der Waals surface area (Å²) in [6.07, 6.45) is 0. The Morgan fingerprint density at radius 2 is 0.960 bits per heavy atom. The molecule has 0 aromatic carbocycles. The van der Waals surface area contributed by atoms with Crippen LogP contribution in [0.5, 0.6) is 0 Å². The van der Waals surface area contributed by atoms with Crippen molar-refractivity contribution in [1.29, 1.82) is 0 Å². The fraction of sp³-hybridized carbons (Fsp3) is 0.625. The zero-order chi connectivity index (χ0) is 19.3. The summed E-state index contributed by atoms with van der Waals surface area (Å²) in [6.45, 7) is 4.11. The van der Waals surface area contributed by atoms with Crippen molar-refractivity contribution >= 4 is 28.2 Å². The third-order valence-electron chi connectivity index (χ3n) is 3.38. The summed E-state index contributed by atoms with van der Waals surface area (Å²) in [5.74, 6) is 0. The molecule has 1 aromatic heterocycles. The molecular formula is C16H33N7P2.